The summed E-state index contributed by atoms with van der Waals surface area (Å²) in [5.41, 5.74) is 4.33. The van der Waals surface area contributed by atoms with Crippen LogP contribution in [0, 0.1) is 6.92 Å². The van der Waals surface area contributed by atoms with E-state index in [0.717, 1.165) is 31.9 Å². The van der Waals surface area contributed by atoms with Crippen molar-refractivity contribution in [3.8, 4) is 0 Å². The molecule has 2 aliphatic heterocycles. The van der Waals surface area contributed by atoms with Crippen LogP contribution >= 0.6 is 11.9 Å². The quantitative estimate of drug-likeness (QED) is 0.859. The number of nitrogens with one attached hydrogen (secondary N) is 1. The van der Waals surface area contributed by atoms with Crippen molar-refractivity contribution < 1.29 is 0 Å². The highest BCUT2D eigenvalue weighted by Crippen LogP contribution is 2.29. The van der Waals surface area contributed by atoms with Crippen molar-refractivity contribution in [1.29, 1.82) is 0 Å². The smallest absolute Gasteiger partial charge is 0.0408 e. The van der Waals surface area contributed by atoms with Crippen LogP contribution in [0.4, 0.5) is 5.69 Å². The fraction of sp³-hybridized carbons (Fsp3) is 0.625. The largest absolute Gasteiger partial charge is 0.369 e. The molecule has 0 atom stereocenters. The molecule has 1 N–H and O–H groups in total. The summed E-state index contributed by atoms with van der Waals surface area (Å²) in [7, 11) is 0. The van der Waals surface area contributed by atoms with Gasteiger partial charge in [0, 0.05) is 50.7 Å². The summed E-state index contributed by atoms with van der Waals surface area (Å²) in [4.78, 5) is 2.54. The Bertz CT molecular complexity index is 437. The van der Waals surface area contributed by atoms with Crippen molar-refractivity contribution in [3.63, 3.8) is 0 Å². The van der Waals surface area contributed by atoms with Crippen molar-refractivity contribution in [2.75, 3.05) is 44.2 Å². The van der Waals surface area contributed by atoms with E-state index in [1.54, 1.807) is 0 Å². The molecule has 20 heavy (non-hydrogen) atoms. The van der Waals surface area contributed by atoms with Crippen LogP contribution in [-0.4, -0.2) is 43.6 Å². The number of hydrogen-bond acceptors (Lipinski definition) is 4. The predicted octanol–water partition coefficient (Wildman–Crippen LogP) is 2.65. The van der Waals surface area contributed by atoms with E-state index in [0.29, 0.717) is 0 Å². The molecule has 110 valence electrons. The van der Waals surface area contributed by atoms with Crippen LogP contribution in [0.2, 0.25) is 0 Å². The third kappa shape index (κ3) is 3.48. The van der Waals surface area contributed by atoms with E-state index in [1.165, 1.54) is 42.7 Å². The van der Waals surface area contributed by atoms with Gasteiger partial charge in [-0.05, 0) is 31.4 Å². The number of rotatable bonds is 4. The first-order valence-corrected chi connectivity index (χ1v) is 8.70. The molecule has 2 aliphatic rings. The van der Waals surface area contributed by atoms with E-state index in [4.69, 9.17) is 0 Å². The molecule has 0 radical (unpaired) electrons. The lowest BCUT2D eigenvalue weighted by Gasteiger charge is -2.31. The van der Waals surface area contributed by atoms with Crippen molar-refractivity contribution in [2.24, 2.45) is 0 Å². The maximum Gasteiger partial charge on any atom is 0.0408 e. The Morgan fingerprint density at radius 1 is 1.10 bits per heavy atom. The lowest BCUT2D eigenvalue weighted by atomic mass is 10.1. The van der Waals surface area contributed by atoms with E-state index >= 15 is 0 Å². The second kappa shape index (κ2) is 6.83. The molecular formula is C16H25N3S. The molecule has 0 aliphatic carbocycles. The predicted molar refractivity (Wildman–Crippen MR) is 88.4 cm³/mol. The van der Waals surface area contributed by atoms with Crippen LogP contribution in [0.3, 0.4) is 0 Å². The van der Waals surface area contributed by atoms with E-state index < -0.39 is 0 Å². The maximum atomic E-state index is 3.44. The molecule has 0 bridgehead atoms. The van der Waals surface area contributed by atoms with Crippen molar-refractivity contribution >= 4 is 17.6 Å². The van der Waals surface area contributed by atoms with Gasteiger partial charge < -0.3 is 10.2 Å². The van der Waals surface area contributed by atoms with Gasteiger partial charge in [0.2, 0.25) is 0 Å². The normalized spacial score (nSPS) is 20.6. The average Bonchev–Trinajstić information content (AvgIpc) is 2.99. The number of piperazine rings is 1. The molecule has 1 aromatic rings. The molecule has 2 fully saturated rings. The first-order valence-electron chi connectivity index (χ1n) is 7.76. The van der Waals surface area contributed by atoms with Crippen molar-refractivity contribution in [2.45, 2.75) is 25.5 Å². The van der Waals surface area contributed by atoms with E-state index in [-0.39, 0.29) is 0 Å². The Balaban J connectivity index is 1.71. The van der Waals surface area contributed by atoms with Crippen LogP contribution in [-0.2, 0) is 5.75 Å². The standard InChI is InChI=1S/C16H25N3S/c1-14-4-5-16(18-10-6-17-7-11-18)15(12-14)13-20-19-8-2-3-9-19/h4-5,12,17H,2-3,6-11,13H2,1H3. The summed E-state index contributed by atoms with van der Waals surface area (Å²) in [6.45, 7) is 9.19. The summed E-state index contributed by atoms with van der Waals surface area (Å²) >= 11 is 2.02. The summed E-state index contributed by atoms with van der Waals surface area (Å²) in [5.74, 6) is 1.11. The fourth-order valence-corrected chi connectivity index (χ4v) is 4.09. The van der Waals surface area contributed by atoms with Gasteiger partial charge in [-0.15, -0.1) is 0 Å². The molecular weight excluding hydrogens is 266 g/mol. The second-order valence-electron chi connectivity index (χ2n) is 5.78. The summed E-state index contributed by atoms with van der Waals surface area (Å²) in [5, 5.41) is 3.44. The summed E-state index contributed by atoms with van der Waals surface area (Å²) < 4.78 is 2.53. The van der Waals surface area contributed by atoms with Crippen LogP contribution in [0.15, 0.2) is 18.2 Å². The molecule has 0 aromatic heterocycles. The zero-order valence-corrected chi connectivity index (χ0v) is 13.2. The minimum absolute atomic E-state index is 1.10. The molecule has 2 heterocycles. The number of benzene rings is 1. The van der Waals surface area contributed by atoms with Crippen LogP contribution in [0.1, 0.15) is 24.0 Å². The number of anilines is 1. The van der Waals surface area contributed by atoms with Crippen LogP contribution in [0.5, 0.6) is 0 Å². The van der Waals surface area contributed by atoms with Gasteiger partial charge in [0.25, 0.3) is 0 Å². The molecule has 2 saturated heterocycles. The van der Waals surface area contributed by atoms with Crippen molar-refractivity contribution in [3.05, 3.63) is 29.3 Å². The molecule has 0 amide bonds. The molecule has 0 unspecified atom stereocenters. The van der Waals surface area contributed by atoms with Gasteiger partial charge in [-0.3, -0.25) is 4.31 Å². The Morgan fingerprint density at radius 3 is 2.60 bits per heavy atom. The maximum absolute atomic E-state index is 3.44. The summed E-state index contributed by atoms with van der Waals surface area (Å²) in [6.07, 6.45) is 2.73. The highest BCUT2D eigenvalue weighted by molar-refractivity contribution is 7.96. The lowest BCUT2D eigenvalue weighted by molar-refractivity contribution is 0.584. The zero-order valence-electron chi connectivity index (χ0n) is 12.4. The lowest BCUT2D eigenvalue weighted by Crippen LogP contribution is -2.43. The van der Waals surface area contributed by atoms with Gasteiger partial charge in [-0.1, -0.05) is 29.6 Å². The topological polar surface area (TPSA) is 18.5 Å². The molecule has 4 heteroatoms. The highest BCUT2D eigenvalue weighted by atomic mass is 32.2. The van der Waals surface area contributed by atoms with E-state index in [9.17, 15) is 0 Å². The second-order valence-corrected chi connectivity index (χ2v) is 6.84. The van der Waals surface area contributed by atoms with Crippen LogP contribution in [0.25, 0.3) is 0 Å². The van der Waals surface area contributed by atoms with E-state index in [2.05, 4.69) is 39.6 Å². The van der Waals surface area contributed by atoms with Gasteiger partial charge in [0.1, 0.15) is 0 Å². The number of aryl methyl sites for hydroxylation is 1. The first kappa shape index (κ1) is 14.2. The minimum Gasteiger partial charge on any atom is -0.369 e. The van der Waals surface area contributed by atoms with Gasteiger partial charge >= 0.3 is 0 Å². The van der Waals surface area contributed by atoms with Crippen molar-refractivity contribution in [1.82, 2.24) is 9.62 Å². The molecule has 1 aromatic carbocycles. The zero-order chi connectivity index (χ0) is 13.8. The number of nitrogens with zero attached hydrogens (tertiary/aromatic N) is 2. The average molecular weight is 291 g/mol. The first-order chi connectivity index (χ1) is 9.83. The van der Waals surface area contributed by atoms with Gasteiger partial charge in [-0.2, -0.15) is 0 Å². The summed E-state index contributed by atoms with van der Waals surface area (Å²) in [6, 6.07) is 6.95. The Hall–Kier alpha value is -0.710. The highest BCUT2D eigenvalue weighted by Gasteiger charge is 2.16. The van der Waals surface area contributed by atoms with Gasteiger partial charge in [0.05, 0.1) is 0 Å². The van der Waals surface area contributed by atoms with Crippen LogP contribution < -0.4 is 10.2 Å². The molecule has 0 saturated carbocycles. The Kier molecular flexibility index (Phi) is 4.86. The SMILES string of the molecule is Cc1ccc(N2CCNCC2)c(CSN2CCCC2)c1. The molecule has 3 rings (SSSR count). The third-order valence-electron chi connectivity index (χ3n) is 4.16. The number of hydrogen-bond donors (Lipinski definition) is 1. The van der Waals surface area contributed by atoms with Gasteiger partial charge in [0.15, 0.2) is 0 Å². The van der Waals surface area contributed by atoms with E-state index in [1.807, 2.05) is 11.9 Å². The Labute approximate surface area is 126 Å². The Morgan fingerprint density at radius 2 is 1.85 bits per heavy atom. The minimum atomic E-state index is 1.10. The molecule has 3 nitrogen and oxygen atoms in total. The molecule has 0 spiro atoms. The van der Waals surface area contributed by atoms with Gasteiger partial charge in [-0.25, -0.2) is 0 Å². The third-order valence-corrected chi connectivity index (χ3v) is 5.33. The fourth-order valence-electron chi connectivity index (χ4n) is 3.02. The monoisotopic (exact) mass is 291 g/mol.